The molecule has 0 aliphatic heterocycles. The maximum absolute atomic E-state index is 12.5. The predicted octanol–water partition coefficient (Wildman–Crippen LogP) is 3.80. The van der Waals surface area contributed by atoms with Crippen LogP contribution in [0.5, 0.6) is 17.2 Å². The van der Waals surface area contributed by atoms with Crippen LogP contribution in [0.15, 0.2) is 17.5 Å². The van der Waals surface area contributed by atoms with Crippen LogP contribution in [0, 0.1) is 0 Å². The smallest absolute Gasteiger partial charge is 0.434 e. The fourth-order valence-electron chi connectivity index (χ4n) is 1.89. The molecule has 0 spiro atoms. The van der Waals surface area contributed by atoms with Crippen LogP contribution in [0.3, 0.4) is 0 Å². The molecule has 0 aliphatic carbocycles. The summed E-state index contributed by atoms with van der Waals surface area (Å²) in [6.45, 7) is 0.230. The summed E-state index contributed by atoms with van der Waals surface area (Å²) in [5.41, 5.74) is -0.210. The Hall–Kier alpha value is -2.16. The molecule has 23 heavy (non-hydrogen) atoms. The third-order valence-electron chi connectivity index (χ3n) is 3.01. The minimum Gasteiger partial charge on any atom is -0.496 e. The molecule has 0 amide bonds. The molecule has 2 rings (SSSR count). The van der Waals surface area contributed by atoms with Crippen LogP contribution < -0.4 is 19.5 Å². The summed E-state index contributed by atoms with van der Waals surface area (Å²) in [5.74, 6) is 1.53. The summed E-state index contributed by atoms with van der Waals surface area (Å²) >= 11 is 0.888. The number of nitrogens with one attached hydrogen (secondary N) is 1. The van der Waals surface area contributed by atoms with Crippen molar-refractivity contribution < 1.29 is 27.4 Å². The number of hydrogen-bond donors (Lipinski definition) is 1. The van der Waals surface area contributed by atoms with Crippen LogP contribution in [-0.4, -0.2) is 26.3 Å². The molecule has 5 nitrogen and oxygen atoms in total. The molecule has 1 aromatic heterocycles. The molecule has 1 N–H and O–H groups in total. The Kier molecular flexibility index (Phi) is 5.19. The zero-order valence-corrected chi connectivity index (χ0v) is 13.5. The van der Waals surface area contributed by atoms with Gasteiger partial charge in [-0.2, -0.15) is 13.2 Å². The lowest BCUT2D eigenvalue weighted by Crippen LogP contribution is -2.06. The second kappa shape index (κ2) is 6.95. The molecule has 9 heteroatoms. The minimum atomic E-state index is -4.45. The summed E-state index contributed by atoms with van der Waals surface area (Å²) in [5, 5.41) is 3.99. The molecule has 126 valence electrons. The molecule has 0 saturated heterocycles. The standard InChI is InChI=1S/C14H15F3N2O3S/c1-20-9-5-11(22-3)10(21-2)4-8(9)6-18-13-19-12(7-23-13)14(15,16)17/h4-5,7H,6H2,1-3H3,(H,18,19). The monoisotopic (exact) mass is 348 g/mol. The number of nitrogens with zero attached hydrogens (tertiary/aromatic N) is 1. The molecular weight excluding hydrogens is 333 g/mol. The molecule has 0 saturated carbocycles. The van der Waals surface area contributed by atoms with Gasteiger partial charge < -0.3 is 19.5 Å². The Morgan fingerprint density at radius 1 is 1.04 bits per heavy atom. The maximum atomic E-state index is 12.5. The average molecular weight is 348 g/mol. The van der Waals surface area contributed by atoms with Gasteiger partial charge in [0, 0.05) is 23.6 Å². The van der Waals surface area contributed by atoms with Gasteiger partial charge in [-0.05, 0) is 6.07 Å². The lowest BCUT2D eigenvalue weighted by atomic mass is 10.1. The number of benzene rings is 1. The highest BCUT2D eigenvalue weighted by molar-refractivity contribution is 7.13. The van der Waals surface area contributed by atoms with Gasteiger partial charge in [0.25, 0.3) is 0 Å². The minimum absolute atomic E-state index is 0.175. The normalized spacial score (nSPS) is 11.2. The van der Waals surface area contributed by atoms with Crippen molar-refractivity contribution in [3.05, 3.63) is 28.8 Å². The molecule has 2 aromatic rings. The van der Waals surface area contributed by atoms with Crippen molar-refractivity contribution in [1.29, 1.82) is 0 Å². The molecule has 0 bridgehead atoms. The number of rotatable bonds is 6. The largest absolute Gasteiger partial charge is 0.496 e. The summed E-state index contributed by atoms with van der Waals surface area (Å²) < 4.78 is 53.2. The Bertz CT molecular complexity index is 674. The van der Waals surface area contributed by atoms with E-state index < -0.39 is 11.9 Å². The second-order valence-corrected chi connectivity index (χ2v) is 5.27. The molecule has 0 radical (unpaired) electrons. The Labute approximate surface area is 135 Å². The Morgan fingerprint density at radius 3 is 2.17 bits per heavy atom. The fraction of sp³-hybridized carbons (Fsp3) is 0.357. The van der Waals surface area contributed by atoms with E-state index in [2.05, 4.69) is 10.3 Å². The van der Waals surface area contributed by atoms with Crippen molar-refractivity contribution in [2.24, 2.45) is 0 Å². The van der Waals surface area contributed by atoms with E-state index in [1.54, 1.807) is 12.1 Å². The van der Waals surface area contributed by atoms with E-state index >= 15 is 0 Å². The van der Waals surface area contributed by atoms with Gasteiger partial charge >= 0.3 is 6.18 Å². The van der Waals surface area contributed by atoms with Crippen LogP contribution in [0.25, 0.3) is 0 Å². The van der Waals surface area contributed by atoms with Crippen molar-refractivity contribution in [3.8, 4) is 17.2 Å². The number of alkyl halides is 3. The Morgan fingerprint density at radius 2 is 1.65 bits per heavy atom. The first-order chi connectivity index (χ1) is 10.9. The zero-order valence-electron chi connectivity index (χ0n) is 12.7. The van der Waals surface area contributed by atoms with E-state index in [0.29, 0.717) is 22.8 Å². The van der Waals surface area contributed by atoms with Gasteiger partial charge in [-0.25, -0.2) is 4.98 Å². The summed E-state index contributed by atoms with van der Waals surface area (Å²) in [6, 6.07) is 3.35. The number of methoxy groups -OCH3 is 3. The molecule has 1 heterocycles. The first kappa shape index (κ1) is 17.2. The van der Waals surface area contributed by atoms with Gasteiger partial charge in [-0.1, -0.05) is 0 Å². The van der Waals surface area contributed by atoms with Gasteiger partial charge in [0.05, 0.1) is 21.3 Å². The molecule has 0 unspecified atom stereocenters. The van der Waals surface area contributed by atoms with Crippen molar-refractivity contribution in [3.63, 3.8) is 0 Å². The average Bonchev–Trinajstić information content (AvgIpc) is 3.01. The quantitative estimate of drug-likeness (QED) is 0.861. The highest BCUT2D eigenvalue weighted by Gasteiger charge is 2.33. The summed E-state index contributed by atoms with van der Waals surface area (Å²) in [6.07, 6.45) is -4.45. The van der Waals surface area contributed by atoms with Gasteiger partial charge in [0.2, 0.25) is 0 Å². The van der Waals surface area contributed by atoms with E-state index in [4.69, 9.17) is 14.2 Å². The molecule has 1 aromatic carbocycles. The van der Waals surface area contributed by atoms with Crippen LogP contribution in [0.2, 0.25) is 0 Å². The van der Waals surface area contributed by atoms with Crippen molar-refractivity contribution in [1.82, 2.24) is 4.98 Å². The zero-order chi connectivity index (χ0) is 17.0. The fourth-order valence-corrected chi connectivity index (χ4v) is 2.60. The van der Waals surface area contributed by atoms with Gasteiger partial charge in [0.15, 0.2) is 22.3 Å². The van der Waals surface area contributed by atoms with E-state index in [9.17, 15) is 13.2 Å². The SMILES string of the molecule is COc1cc(OC)c(OC)cc1CNc1nc(C(F)(F)F)cs1. The molecule has 0 fully saturated rings. The molecule has 0 aliphatic rings. The number of thiazole rings is 1. The highest BCUT2D eigenvalue weighted by atomic mass is 32.1. The van der Waals surface area contributed by atoms with E-state index in [-0.39, 0.29) is 11.7 Å². The van der Waals surface area contributed by atoms with E-state index in [1.165, 1.54) is 21.3 Å². The lowest BCUT2D eigenvalue weighted by Gasteiger charge is -2.14. The number of halogens is 3. The highest BCUT2D eigenvalue weighted by Crippen LogP contribution is 2.35. The third kappa shape index (κ3) is 3.98. The van der Waals surface area contributed by atoms with Crippen molar-refractivity contribution in [2.45, 2.75) is 12.7 Å². The Balaban J connectivity index is 2.18. The first-order valence-corrected chi connectivity index (χ1v) is 7.32. The summed E-state index contributed by atoms with van der Waals surface area (Å²) in [7, 11) is 4.50. The number of ether oxygens (including phenoxy) is 3. The predicted molar refractivity (Wildman–Crippen MR) is 80.5 cm³/mol. The molecular formula is C14H15F3N2O3S. The van der Waals surface area contributed by atoms with Gasteiger partial charge in [-0.15, -0.1) is 11.3 Å². The van der Waals surface area contributed by atoms with Gasteiger partial charge in [-0.3, -0.25) is 0 Å². The first-order valence-electron chi connectivity index (χ1n) is 6.44. The number of aromatic nitrogens is 1. The van der Waals surface area contributed by atoms with Crippen LogP contribution >= 0.6 is 11.3 Å². The van der Waals surface area contributed by atoms with Crippen LogP contribution in [-0.2, 0) is 12.7 Å². The topological polar surface area (TPSA) is 52.6 Å². The van der Waals surface area contributed by atoms with Crippen molar-refractivity contribution >= 4 is 16.5 Å². The number of anilines is 1. The van der Waals surface area contributed by atoms with Crippen molar-refractivity contribution in [2.75, 3.05) is 26.6 Å². The van der Waals surface area contributed by atoms with Crippen LogP contribution in [0.1, 0.15) is 11.3 Å². The number of hydrogen-bond acceptors (Lipinski definition) is 6. The van der Waals surface area contributed by atoms with Crippen LogP contribution in [0.4, 0.5) is 18.3 Å². The maximum Gasteiger partial charge on any atom is 0.434 e. The summed E-state index contributed by atoms with van der Waals surface area (Å²) in [4.78, 5) is 3.51. The van der Waals surface area contributed by atoms with E-state index in [1.807, 2.05) is 0 Å². The molecule has 0 atom stereocenters. The van der Waals surface area contributed by atoms with Gasteiger partial charge in [0.1, 0.15) is 5.75 Å². The van der Waals surface area contributed by atoms with E-state index in [0.717, 1.165) is 16.7 Å². The second-order valence-electron chi connectivity index (χ2n) is 4.41. The lowest BCUT2D eigenvalue weighted by molar-refractivity contribution is -0.140. The third-order valence-corrected chi connectivity index (χ3v) is 3.81.